The van der Waals surface area contributed by atoms with Gasteiger partial charge >= 0.3 is 5.76 Å². The number of nitrogens with zero attached hydrogens (tertiary/aromatic N) is 4. The Labute approximate surface area is 161 Å². The van der Waals surface area contributed by atoms with Gasteiger partial charge in [0.15, 0.2) is 0 Å². The smallest absolute Gasteiger partial charge is 0.387 e. The van der Waals surface area contributed by atoms with Gasteiger partial charge in [-0.1, -0.05) is 18.2 Å². The third-order valence-electron chi connectivity index (χ3n) is 4.17. The summed E-state index contributed by atoms with van der Waals surface area (Å²) in [6.07, 6.45) is 0.183. The van der Waals surface area contributed by atoms with Gasteiger partial charge in [0.25, 0.3) is 5.89 Å². The molecule has 142 valence electrons. The van der Waals surface area contributed by atoms with E-state index in [0.29, 0.717) is 6.54 Å². The number of amides is 1. The summed E-state index contributed by atoms with van der Waals surface area (Å²) in [6, 6.07) is 11.8. The van der Waals surface area contributed by atoms with Crippen molar-refractivity contribution in [1.82, 2.24) is 14.7 Å². The highest BCUT2D eigenvalue weighted by molar-refractivity contribution is 7.13. The van der Waals surface area contributed by atoms with E-state index < -0.39 is 5.76 Å². The number of thiophene rings is 1. The van der Waals surface area contributed by atoms with Crippen LogP contribution in [0.4, 0.5) is 5.69 Å². The van der Waals surface area contributed by atoms with Crippen LogP contribution in [0.2, 0.25) is 0 Å². The molecule has 0 aliphatic heterocycles. The molecule has 27 heavy (non-hydrogen) atoms. The van der Waals surface area contributed by atoms with Crippen molar-refractivity contribution >= 4 is 22.9 Å². The maximum Gasteiger partial charge on any atom is 0.437 e. The molecule has 8 heteroatoms. The standard InChI is InChI=1S/C19H22N4O3S/c1-21(2)15-8-6-14(7-9-15)13-22(3)17(24)10-11-23-19(25)26-18(20-23)16-5-4-12-27-16/h4-9,12H,10-11,13H2,1-3H3. The molecule has 2 aromatic heterocycles. The van der Waals surface area contributed by atoms with E-state index in [1.165, 1.54) is 16.0 Å². The molecule has 0 unspecified atom stereocenters. The number of aromatic nitrogens is 2. The van der Waals surface area contributed by atoms with Gasteiger partial charge in [-0.15, -0.1) is 16.4 Å². The molecule has 2 heterocycles. The predicted octanol–water partition coefficient (Wildman–Crippen LogP) is 2.68. The highest BCUT2D eigenvalue weighted by Crippen LogP contribution is 2.21. The highest BCUT2D eigenvalue weighted by atomic mass is 32.1. The van der Waals surface area contributed by atoms with Crippen LogP contribution in [0.1, 0.15) is 12.0 Å². The summed E-state index contributed by atoms with van der Waals surface area (Å²) >= 11 is 1.44. The van der Waals surface area contributed by atoms with Gasteiger partial charge in [-0.3, -0.25) is 4.79 Å². The molecule has 1 aromatic carbocycles. The maximum atomic E-state index is 12.4. The van der Waals surface area contributed by atoms with Crippen molar-refractivity contribution in [1.29, 1.82) is 0 Å². The lowest BCUT2D eigenvalue weighted by Crippen LogP contribution is -2.28. The number of carbonyl (C=O) groups excluding carboxylic acids is 1. The quantitative estimate of drug-likeness (QED) is 0.624. The molecule has 0 radical (unpaired) electrons. The number of hydrogen-bond donors (Lipinski definition) is 0. The first-order valence-corrected chi connectivity index (χ1v) is 9.44. The summed E-state index contributed by atoms with van der Waals surface area (Å²) in [7, 11) is 5.73. The molecule has 0 spiro atoms. The predicted molar refractivity (Wildman–Crippen MR) is 106 cm³/mol. The van der Waals surface area contributed by atoms with Crippen LogP contribution in [0.15, 0.2) is 51.0 Å². The zero-order valence-corrected chi connectivity index (χ0v) is 16.4. The minimum Gasteiger partial charge on any atom is -0.387 e. The molecule has 0 aliphatic rings. The number of carbonyl (C=O) groups is 1. The maximum absolute atomic E-state index is 12.4. The minimum absolute atomic E-state index is 0.0562. The Hall–Kier alpha value is -2.87. The molecule has 0 atom stereocenters. The van der Waals surface area contributed by atoms with Crippen LogP contribution >= 0.6 is 11.3 Å². The van der Waals surface area contributed by atoms with Gasteiger partial charge in [0.2, 0.25) is 5.91 Å². The molecule has 0 N–H and O–H groups in total. The second-order valence-corrected chi connectivity index (χ2v) is 7.38. The molecule has 3 rings (SSSR count). The number of benzene rings is 1. The zero-order valence-electron chi connectivity index (χ0n) is 15.6. The first-order valence-electron chi connectivity index (χ1n) is 8.56. The minimum atomic E-state index is -0.548. The third kappa shape index (κ3) is 4.65. The summed E-state index contributed by atoms with van der Waals surface area (Å²) in [5.74, 6) is -0.316. The second kappa shape index (κ2) is 8.22. The summed E-state index contributed by atoms with van der Waals surface area (Å²) in [6.45, 7) is 0.706. The first-order chi connectivity index (χ1) is 12.9. The fourth-order valence-corrected chi connectivity index (χ4v) is 3.25. The van der Waals surface area contributed by atoms with Crippen molar-refractivity contribution in [3.05, 3.63) is 57.9 Å². The van der Waals surface area contributed by atoms with Gasteiger partial charge in [-0.05, 0) is 29.1 Å². The van der Waals surface area contributed by atoms with Gasteiger partial charge < -0.3 is 14.2 Å². The summed E-state index contributed by atoms with van der Waals surface area (Å²) in [5, 5.41) is 6.05. The van der Waals surface area contributed by atoms with Crippen molar-refractivity contribution < 1.29 is 9.21 Å². The van der Waals surface area contributed by atoms with Crippen molar-refractivity contribution in [3.8, 4) is 10.8 Å². The van der Waals surface area contributed by atoms with E-state index in [4.69, 9.17) is 4.42 Å². The van der Waals surface area contributed by atoms with Crippen LogP contribution in [-0.2, 0) is 17.9 Å². The Bertz CT molecular complexity index is 942. The lowest BCUT2D eigenvalue weighted by molar-refractivity contribution is -0.130. The van der Waals surface area contributed by atoms with E-state index in [-0.39, 0.29) is 24.8 Å². The fourth-order valence-electron chi connectivity index (χ4n) is 2.60. The Morgan fingerprint density at radius 3 is 2.56 bits per heavy atom. The van der Waals surface area contributed by atoms with Crippen LogP contribution in [0.3, 0.4) is 0 Å². The lowest BCUT2D eigenvalue weighted by Gasteiger charge is -2.18. The number of anilines is 1. The van der Waals surface area contributed by atoms with E-state index in [1.807, 2.05) is 60.8 Å². The van der Waals surface area contributed by atoms with Crippen molar-refractivity contribution in [3.63, 3.8) is 0 Å². The molecule has 0 aliphatic carbocycles. The second-order valence-electron chi connectivity index (χ2n) is 6.43. The van der Waals surface area contributed by atoms with Crippen LogP contribution in [-0.4, -0.2) is 41.7 Å². The topological polar surface area (TPSA) is 71.6 Å². The molecule has 7 nitrogen and oxygen atoms in total. The highest BCUT2D eigenvalue weighted by Gasteiger charge is 2.14. The van der Waals surface area contributed by atoms with Gasteiger partial charge in [0.1, 0.15) is 0 Å². The Morgan fingerprint density at radius 2 is 1.93 bits per heavy atom. The van der Waals surface area contributed by atoms with Crippen LogP contribution in [0.5, 0.6) is 0 Å². The van der Waals surface area contributed by atoms with Gasteiger partial charge in [-0.25, -0.2) is 4.79 Å². The van der Waals surface area contributed by atoms with Crippen LogP contribution in [0, 0.1) is 0 Å². The third-order valence-corrected chi connectivity index (χ3v) is 5.03. The van der Waals surface area contributed by atoms with Gasteiger partial charge in [0.05, 0.1) is 11.4 Å². The summed E-state index contributed by atoms with van der Waals surface area (Å²) < 4.78 is 6.36. The normalized spacial score (nSPS) is 10.8. The number of hydrogen-bond acceptors (Lipinski definition) is 6. The molecule has 3 aromatic rings. The van der Waals surface area contributed by atoms with Crippen LogP contribution < -0.4 is 10.7 Å². The monoisotopic (exact) mass is 386 g/mol. The van der Waals surface area contributed by atoms with Gasteiger partial charge in [0, 0.05) is 39.8 Å². The number of aryl methyl sites for hydroxylation is 1. The SMILES string of the molecule is CN(Cc1ccc(N(C)C)cc1)C(=O)CCn1nc(-c2cccs2)oc1=O. The summed E-state index contributed by atoms with van der Waals surface area (Å²) in [4.78, 5) is 28.8. The van der Waals surface area contributed by atoms with E-state index in [1.54, 1.807) is 11.9 Å². The molecule has 0 bridgehead atoms. The Morgan fingerprint density at radius 1 is 1.19 bits per heavy atom. The number of rotatable bonds is 7. The van der Waals surface area contributed by atoms with E-state index >= 15 is 0 Å². The van der Waals surface area contributed by atoms with Crippen molar-refractivity contribution in [2.45, 2.75) is 19.5 Å². The molecule has 0 saturated heterocycles. The zero-order chi connectivity index (χ0) is 19.4. The van der Waals surface area contributed by atoms with Gasteiger partial charge in [-0.2, -0.15) is 4.68 Å². The van der Waals surface area contributed by atoms with E-state index in [0.717, 1.165) is 16.1 Å². The Balaban J connectivity index is 1.56. The fraction of sp³-hybridized carbons (Fsp3) is 0.316. The van der Waals surface area contributed by atoms with E-state index in [9.17, 15) is 9.59 Å². The van der Waals surface area contributed by atoms with Crippen LogP contribution in [0.25, 0.3) is 10.8 Å². The Kier molecular flexibility index (Phi) is 5.75. The largest absolute Gasteiger partial charge is 0.437 e. The lowest BCUT2D eigenvalue weighted by atomic mass is 10.2. The molecular weight excluding hydrogens is 364 g/mol. The average Bonchev–Trinajstić information content (AvgIpc) is 3.29. The molecule has 0 saturated carbocycles. The van der Waals surface area contributed by atoms with Crippen molar-refractivity contribution in [2.75, 3.05) is 26.0 Å². The van der Waals surface area contributed by atoms with Crippen molar-refractivity contribution in [2.24, 2.45) is 0 Å². The molecule has 0 fully saturated rings. The first kappa shape index (κ1) is 18.9. The summed E-state index contributed by atoms with van der Waals surface area (Å²) in [5.41, 5.74) is 2.16. The van der Waals surface area contributed by atoms with E-state index in [2.05, 4.69) is 5.10 Å². The average molecular weight is 386 g/mol. The molecular formula is C19H22N4O3S. The molecule has 1 amide bonds.